The van der Waals surface area contributed by atoms with Crippen molar-refractivity contribution >= 4 is 11.7 Å². The molecule has 2 aromatic carbocycles. The van der Waals surface area contributed by atoms with Crippen molar-refractivity contribution in [2.75, 3.05) is 18.5 Å². The van der Waals surface area contributed by atoms with Crippen LogP contribution in [0.2, 0.25) is 0 Å². The molecule has 0 radical (unpaired) electrons. The molecule has 1 fully saturated rings. The van der Waals surface area contributed by atoms with Crippen molar-refractivity contribution in [3.63, 3.8) is 0 Å². The second-order valence-electron chi connectivity index (χ2n) is 8.35. The number of nitrogens with one attached hydrogen (secondary N) is 2. The fourth-order valence-electron chi connectivity index (χ4n) is 3.39. The molecule has 27 heavy (non-hydrogen) atoms. The summed E-state index contributed by atoms with van der Waals surface area (Å²) in [5.74, 6) is 1.52. The Hall–Kier alpha value is -2.69. The molecule has 0 unspecified atom stereocenters. The van der Waals surface area contributed by atoms with Crippen LogP contribution < -0.4 is 20.1 Å². The van der Waals surface area contributed by atoms with E-state index in [1.807, 2.05) is 30.3 Å². The Morgan fingerprint density at radius 1 is 0.963 bits per heavy atom. The Balaban J connectivity index is 1.43. The lowest BCUT2D eigenvalue weighted by atomic mass is 9.87. The highest BCUT2D eigenvalue weighted by Crippen LogP contribution is 2.47. The molecule has 142 valence electrons. The Morgan fingerprint density at radius 3 is 2.26 bits per heavy atom. The third kappa shape index (κ3) is 3.72. The van der Waals surface area contributed by atoms with Gasteiger partial charge < -0.3 is 20.1 Å². The summed E-state index contributed by atoms with van der Waals surface area (Å²) in [5.41, 5.74) is 2.87. The maximum atomic E-state index is 12.5. The summed E-state index contributed by atoms with van der Waals surface area (Å²) in [6.07, 6.45) is 1.84. The predicted octanol–water partition coefficient (Wildman–Crippen LogP) is 4.57. The van der Waals surface area contributed by atoms with E-state index < -0.39 is 0 Å². The molecule has 2 amide bonds. The first kappa shape index (κ1) is 17.7. The number of ether oxygens (including phenoxy) is 2. The minimum atomic E-state index is -0.314. The lowest BCUT2D eigenvalue weighted by Gasteiger charge is -2.23. The molecule has 0 saturated heterocycles. The second kappa shape index (κ2) is 6.48. The van der Waals surface area contributed by atoms with Gasteiger partial charge in [0.15, 0.2) is 11.5 Å². The van der Waals surface area contributed by atoms with Crippen molar-refractivity contribution in [2.24, 2.45) is 0 Å². The van der Waals surface area contributed by atoms with E-state index in [0.29, 0.717) is 13.2 Å². The third-order valence-corrected chi connectivity index (χ3v) is 5.21. The van der Waals surface area contributed by atoms with Crippen LogP contribution in [-0.4, -0.2) is 19.2 Å². The van der Waals surface area contributed by atoms with Gasteiger partial charge in [-0.15, -0.1) is 0 Å². The van der Waals surface area contributed by atoms with Gasteiger partial charge in [-0.1, -0.05) is 39.0 Å². The summed E-state index contributed by atoms with van der Waals surface area (Å²) in [7, 11) is 0. The van der Waals surface area contributed by atoms with Crippen molar-refractivity contribution in [1.82, 2.24) is 5.32 Å². The highest BCUT2D eigenvalue weighted by molar-refractivity contribution is 5.90. The summed E-state index contributed by atoms with van der Waals surface area (Å²) >= 11 is 0. The average molecular weight is 366 g/mol. The van der Waals surface area contributed by atoms with Crippen LogP contribution >= 0.6 is 0 Å². The second-order valence-corrected chi connectivity index (χ2v) is 8.35. The Morgan fingerprint density at radius 2 is 1.63 bits per heavy atom. The van der Waals surface area contributed by atoms with Gasteiger partial charge in [-0.2, -0.15) is 0 Å². The SMILES string of the molecule is CC(C)(C)c1ccc(NC(=O)NC2(c3ccc4c(c3)OCCO4)CC2)cc1. The molecule has 0 spiro atoms. The third-order valence-electron chi connectivity index (χ3n) is 5.21. The number of hydrogen-bond donors (Lipinski definition) is 2. The fourth-order valence-corrected chi connectivity index (χ4v) is 3.39. The summed E-state index contributed by atoms with van der Waals surface area (Å²) < 4.78 is 11.3. The molecule has 1 saturated carbocycles. The summed E-state index contributed by atoms with van der Waals surface area (Å²) in [6, 6.07) is 13.7. The van der Waals surface area contributed by atoms with Crippen molar-refractivity contribution < 1.29 is 14.3 Å². The molecule has 2 aromatic rings. The zero-order valence-electron chi connectivity index (χ0n) is 16.1. The van der Waals surface area contributed by atoms with Gasteiger partial charge in [-0.05, 0) is 53.6 Å². The van der Waals surface area contributed by atoms with E-state index >= 15 is 0 Å². The van der Waals surface area contributed by atoms with Gasteiger partial charge in [0.1, 0.15) is 13.2 Å². The van der Waals surface area contributed by atoms with Crippen LogP contribution in [0.25, 0.3) is 0 Å². The van der Waals surface area contributed by atoms with E-state index in [-0.39, 0.29) is 17.0 Å². The standard InChI is InChI=1S/C22H26N2O3/c1-21(2,3)15-4-7-17(8-5-15)23-20(25)24-22(10-11-22)16-6-9-18-19(14-16)27-13-12-26-18/h4-9,14H,10-13H2,1-3H3,(H2,23,24,25). The summed E-state index contributed by atoms with van der Waals surface area (Å²) in [6.45, 7) is 7.65. The van der Waals surface area contributed by atoms with Gasteiger partial charge in [0, 0.05) is 5.69 Å². The number of carbonyl (C=O) groups is 1. The number of benzene rings is 2. The normalized spacial score (nSPS) is 17.1. The fraction of sp³-hybridized carbons (Fsp3) is 0.409. The van der Waals surface area contributed by atoms with Crippen LogP contribution in [-0.2, 0) is 11.0 Å². The number of urea groups is 1. The van der Waals surface area contributed by atoms with Gasteiger partial charge >= 0.3 is 6.03 Å². The molecule has 0 atom stereocenters. The molecular weight excluding hydrogens is 340 g/mol. The smallest absolute Gasteiger partial charge is 0.319 e. The largest absolute Gasteiger partial charge is 0.486 e. The Bertz CT molecular complexity index is 849. The Labute approximate surface area is 160 Å². The molecule has 4 rings (SSSR count). The number of hydrogen-bond acceptors (Lipinski definition) is 3. The van der Waals surface area contributed by atoms with Crippen LogP contribution in [0, 0.1) is 0 Å². The van der Waals surface area contributed by atoms with Crippen LogP contribution in [0.4, 0.5) is 10.5 Å². The highest BCUT2D eigenvalue weighted by Gasteiger charge is 2.46. The van der Waals surface area contributed by atoms with Crippen molar-refractivity contribution in [3.8, 4) is 11.5 Å². The van der Waals surface area contributed by atoms with Gasteiger partial charge in [0.2, 0.25) is 0 Å². The van der Waals surface area contributed by atoms with Crippen LogP contribution in [0.3, 0.4) is 0 Å². The molecule has 2 aliphatic rings. The van der Waals surface area contributed by atoms with Crippen molar-refractivity contribution in [1.29, 1.82) is 0 Å². The topological polar surface area (TPSA) is 59.6 Å². The number of anilines is 1. The molecule has 5 nitrogen and oxygen atoms in total. The van der Waals surface area contributed by atoms with Gasteiger partial charge in [0.25, 0.3) is 0 Å². The quantitative estimate of drug-likeness (QED) is 0.837. The van der Waals surface area contributed by atoms with E-state index in [1.165, 1.54) is 5.56 Å². The zero-order chi connectivity index (χ0) is 19.1. The number of fused-ring (bicyclic) bond motifs is 1. The maximum Gasteiger partial charge on any atom is 0.319 e. The first-order chi connectivity index (χ1) is 12.9. The number of carbonyl (C=O) groups excluding carboxylic acids is 1. The van der Waals surface area contributed by atoms with E-state index in [2.05, 4.69) is 43.5 Å². The summed E-state index contributed by atoms with van der Waals surface area (Å²) in [4.78, 5) is 12.5. The average Bonchev–Trinajstić information content (AvgIpc) is 3.41. The minimum absolute atomic E-state index is 0.0943. The molecule has 1 aliphatic carbocycles. The molecule has 0 aromatic heterocycles. The van der Waals surface area contributed by atoms with E-state index in [9.17, 15) is 4.79 Å². The minimum Gasteiger partial charge on any atom is -0.486 e. The molecule has 0 bridgehead atoms. The maximum absolute atomic E-state index is 12.5. The van der Waals surface area contributed by atoms with E-state index in [1.54, 1.807) is 0 Å². The monoisotopic (exact) mass is 366 g/mol. The molecule has 5 heteroatoms. The first-order valence-electron chi connectivity index (χ1n) is 9.46. The van der Waals surface area contributed by atoms with Crippen LogP contribution in [0.15, 0.2) is 42.5 Å². The van der Waals surface area contributed by atoms with E-state index in [4.69, 9.17) is 9.47 Å². The van der Waals surface area contributed by atoms with Crippen LogP contribution in [0.5, 0.6) is 11.5 Å². The predicted molar refractivity (Wildman–Crippen MR) is 106 cm³/mol. The Kier molecular flexibility index (Phi) is 4.25. The zero-order valence-corrected chi connectivity index (χ0v) is 16.1. The summed E-state index contributed by atoms with van der Waals surface area (Å²) in [5, 5.41) is 6.08. The molecule has 1 heterocycles. The molecule has 2 N–H and O–H groups in total. The van der Waals surface area contributed by atoms with E-state index in [0.717, 1.165) is 35.6 Å². The number of amides is 2. The number of rotatable bonds is 3. The van der Waals surface area contributed by atoms with Gasteiger partial charge in [-0.3, -0.25) is 0 Å². The van der Waals surface area contributed by atoms with Gasteiger partial charge in [-0.25, -0.2) is 4.79 Å². The molecular formula is C22H26N2O3. The lowest BCUT2D eigenvalue weighted by molar-refractivity contribution is 0.171. The van der Waals surface area contributed by atoms with Crippen molar-refractivity contribution in [2.45, 2.75) is 44.6 Å². The molecule has 1 aliphatic heterocycles. The van der Waals surface area contributed by atoms with Crippen molar-refractivity contribution in [3.05, 3.63) is 53.6 Å². The highest BCUT2D eigenvalue weighted by atomic mass is 16.6. The first-order valence-corrected chi connectivity index (χ1v) is 9.46. The van der Waals surface area contributed by atoms with Crippen LogP contribution in [0.1, 0.15) is 44.7 Å². The lowest BCUT2D eigenvalue weighted by Crippen LogP contribution is -2.38. The van der Waals surface area contributed by atoms with Gasteiger partial charge in [0.05, 0.1) is 5.54 Å².